The van der Waals surface area contributed by atoms with Gasteiger partial charge in [-0.05, 0) is 24.3 Å². The zero-order valence-electron chi connectivity index (χ0n) is 13.0. The molecule has 3 rings (SSSR count). The number of nitrogens with zero attached hydrogens (tertiary/aromatic N) is 3. The minimum absolute atomic E-state index is 0.0592. The number of ether oxygens (including phenoxy) is 1. The molecular formula is C16H14N4O5. The van der Waals surface area contributed by atoms with Gasteiger partial charge in [0, 0.05) is 12.3 Å². The van der Waals surface area contributed by atoms with E-state index < -0.39 is 4.92 Å². The number of hydrogen-bond donors (Lipinski definition) is 1. The van der Waals surface area contributed by atoms with Gasteiger partial charge in [0.15, 0.2) is 12.5 Å². The van der Waals surface area contributed by atoms with E-state index >= 15 is 0 Å². The Balaban J connectivity index is 1.58. The van der Waals surface area contributed by atoms with E-state index in [4.69, 9.17) is 9.15 Å². The maximum Gasteiger partial charge on any atom is 0.311 e. The van der Waals surface area contributed by atoms with Crippen LogP contribution in [0, 0.1) is 10.1 Å². The standard InChI is InChI=1S/C16H14N4O5/c21-16(17-10-12-4-3-9-24-12)13-7-8-19(18-13)11-25-15-6-2-1-5-14(15)20(22)23/h1-9H,10-11H2,(H,17,21). The van der Waals surface area contributed by atoms with Crippen LogP contribution in [0.5, 0.6) is 5.75 Å². The molecule has 0 aliphatic heterocycles. The number of benzene rings is 1. The number of nitro groups is 1. The number of para-hydroxylation sites is 2. The average molecular weight is 342 g/mol. The Bertz CT molecular complexity index is 872. The van der Waals surface area contributed by atoms with E-state index in [1.165, 1.54) is 29.1 Å². The summed E-state index contributed by atoms with van der Waals surface area (Å²) in [5.41, 5.74) is 0.0730. The molecule has 9 nitrogen and oxygen atoms in total. The van der Waals surface area contributed by atoms with Gasteiger partial charge in [-0.1, -0.05) is 12.1 Å². The molecular weight excluding hydrogens is 328 g/mol. The SMILES string of the molecule is O=C(NCc1ccco1)c1ccn(COc2ccccc2[N+](=O)[O-])n1. The van der Waals surface area contributed by atoms with Gasteiger partial charge in [-0.25, -0.2) is 4.68 Å². The summed E-state index contributed by atoms with van der Waals surface area (Å²) in [4.78, 5) is 22.4. The smallest absolute Gasteiger partial charge is 0.311 e. The molecule has 0 unspecified atom stereocenters. The Kier molecular flexibility index (Phi) is 4.74. The third-order valence-electron chi connectivity index (χ3n) is 3.29. The highest BCUT2D eigenvalue weighted by Gasteiger charge is 2.14. The number of furan rings is 1. The third kappa shape index (κ3) is 4.02. The summed E-state index contributed by atoms with van der Waals surface area (Å²) in [5, 5.41) is 17.7. The number of aromatic nitrogens is 2. The van der Waals surface area contributed by atoms with Crippen molar-refractivity contribution in [3.8, 4) is 5.75 Å². The molecule has 2 aromatic heterocycles. The molecule has 0 radical (unpaired) electrons. The fourth-order valence-corrected chi connectivity index (χ4v) is 2.09. The molecule has 0 fully saturated rings. The summed E-state index contributed by atoms with van der Waals surface area (Å²) < 4.78 is 11.9. The van der Waals surface area contributed by atoms with Crippen LogP contribution in [0.1, 0.15) is 16.2 Å². The van der Waals surface area contributed by atoms with Gasteiger partial charge in [-0.3, -0.25) is 14.9 Å². The lowest BCUT2D eigenvalue weighted by Gasteiger charge is -2.06. The van der Waals surface area contributed by atoms with Gasteiger partial charge >= 0.3 is 5.69 Å². The molecule has 9 heteroatoms. The Labute approximate surface area is 142 Å². The van der Waals surface area contributed by atoms with Crippen molar-refractivity contribution in [2.24, 2.45) is 0 Å². The Morgan fingerprint density at radius 2 is 2.12 bits per heavy atom. The van der Waals surface area contributed by atoms with Gasteiger partial charge in [-0.2, -0.15) is 5.10 Å². The molecule has 0 saturated carbocycles. The van der Waals surface area contributed by atoms with Crippen LogP contribution >= 0.6 is 0 Å². The molecule has 1 aromatic carbocycles. The van der Waals surface area contributed by atoms with E-state index in [1.807, 2.05) is 0 Å². The number of nitro benzene ring substituents is 1. The highest BCUT2D eigenvalue weighted by Crippen LogP contribution is 2.25. The van der Waals surface area contributed by atoms with E-state index in [2.05, 4.69) is 10.4 Å². The maximum absolute atomic E-state index is 12.0. The maximum atomic E-state index is 12.0. The van der Waals surface area contributed by atoms with Crippen molar-refractivity contribution in [1.29, 1.82) is 0 Å². The highest BCUT2D eigenvalue weighted by molar-refractivity contribution is 5.92. The van der Waals surface area contributed by atoms with Gasteiger partial charge in [0.25, 0.3) is 5.91 Å². The molecule has 0 aliphatic carbocycles. The molecule has 2 heterocycles. The Morgan fingerprint density at radius 1 is 1.28 bits per heavy atom. The first-order chi connectivity index (χ1) is 12.1. The van der Waals surface area contributed by atoms with Gasteiger partial charge < -0.3 is 14.5 Å². The molecule has 0 atom stereocenters. The van der Waals surface area contributed by atoms with Gasteiger partial charge in [0.1, 0.15) is 11.5 Å². The lowest BCUT2D eigenvalue weighted by molar-refractivity contribution is -0.386. The van der Waals surface area contributed by atoms with E-state index in [1.54, 1.807) is 30.5 Å². The van der Waals surface area contributed by atoms with Crippen LogP contribution in [0.15, 0.2) is 59.3 Å². The Morgan fingerprint density at radius 3 is 2.88 bits per heavy atom. The van der Waals surface area contributed by atoms with Crippen molar-refractivity contribution < 1.29 is 18.9 Å². The van der Waals surface area contributed by atoms with Crippen molar-refractivity contribution in [2.75, 3.05) is 0 Å². The second-order valence-electron chi connectivity index (χ2n) is 5.00. The summed E-state index contributed by atoms with van der Waals surface area (Å²) in [6.07, 6.45) is 3.08. The van der Waals surface area contributed by atoms with E-state index in [-0.39, 0.29) is 36.3 Å². The molecule has 128 valence electrons. The normalized spacial score (nSPS) is 10.4. The quantitative estimate of drug-likeness (QED) is 0.521. The molecule has 25 heavy (non-hydrogen) atoms. The molecule has 0 bridgehead atoms. The molecule has 0 aliphatic rings. The van der Waals surface area contributed by atoms with Crippen LogP contribution in [0.25, 0.3) is 0 Å². The zero-order valence-corrected chi connectivity index (χ0v) is 13.0. The number of rotatable bonds is 7. The fourth-order valence-electron chi connectivity index (χ4n) is 2.09. The Hall–Kier alpha value is -3.62. The molecule has 0 saturated heterocycles. The summed E-state index contributed by atoms with van der Waals surface area (Å²) in [6.45, 7) is 0.196. The van der Waals surface area contributed by atoms with Crippen LogP contribution in [-0.2, 0) is 13.3 Å². The number of carbonyl (C=O) groups is 1. The van der Waals surface area contributed by atoms with Gasteiger partial charge in [0.05, 0.1) is 17.7 Å². The van der Waals surface area contributed by atoms with Crippen LogP contribution in [0.4, 0.5) is 5.69 Å². The number of carbonyl (C=O) groups excluding carboxylic acids is 1. The topological polar surface area (TPSA) is 112 Å². The predicted octanol–water partition coefficient (Wildman–Crippen LogP) is 2.35. The number of amides is 1. The van der Waals surface area contributed by atoms with Gasteiger partial charge in [-0.15, -0.1) is 0 Å². The van der Waals surface area contributed by atoms with Crippen molar-refractivity contribution in [3.63, 3.8) is 0 Å². The lowest BCUT2D eigenvalue weighted by atomic mass is 10.3. The summed E-state index contributed by atoms with van der Waals surface area (Å²) in [6, 6.07) is 11.1. The summed E-state index contributed by atoms with van der Waals surface area (Å²) in [7, 11) is 0. The van der Waals surface area contributed by atoms with Crippen molar-refractivity contribution in [3.05, 3.63) is 76.5 Å². The minimum Gasteiger partial charge on any atom is -0.467 e. The highest BCUT2D eigenvalue weighted by atomic mass is 16.6. The first-order valence-corrected chi connectivity index (χ1v) is 7.34. The summed E-state index contributed by atoms with van der Waals surface area (Å²) in [5.74, 6) is 0.403. The van der Waals surface area contributed by atoms with Crippen LogP contribution in [-0.4, -0.2) is 20.6 Å². The van der Waals surface area contributed by atoms with Crippen LogP contribution in [0.2, 0.25) is 0 Å². The molecule has 0 spiro atoms. The first-order valence-electron chi connectivity index (χ1n) is 7.34. The van der Waals surface area contributed by atoms with Crippen molar-refractivity contribution >= 4 is 11.6 Å². The van der Waals surface area contributed by atoms with Crippen molar-refractivity contribution in [1.82, 2.24) is 15.1 Å². The van der Waals surface area contributed by atoms with Crippen molar-refractivity contribution in [2.45, 2.75) is 13.3 Å². The lowest BCUT2D eigenvalue weighted by Crippen LogP contribution is -2.23. The van der Waals surface area contributed by atoms with Gasteiger partial charge in [0.2, 0.25) is 0 Å². The average Bonchev–Trinajstić information content (AvgIpc) is 3.30. The fraction of sp³-hybridized carbons (Fsp3) is 0.125. The molecule has 3 aromatic rings. The minimum atomic E-state index is -0.522. The second-order valence-corrected chi connectivity index (χ2v) is 5.00. The van der Waals surface area contributed by atoms with E-state index in [0.29, 0.717) is 5.76 Å². The first kappa shape index (κ1) is 16.2. The monoisotopic (exact) mass is 342 g/mol. The van der Waals surface area contributed by atoms with Crippen LogP contribution < -0.4 is 10.1 Å². The second kappa shape index (κ2) is 7.30. The summed E-state index contributed by atoms with van der Waals surface area (Å²) >= 11 is 0. The third-order valence-corrected chi connectivity index (χ3v) is 3.29. The number of nitrogens with one attached hydrogen (secondary N) is 1. The van der Waals surface area contributed by atoms with Crippen LogP contribution in [0.3, 0.4) is 0 Å². The van der Waals surface area contributed by atoms with E-state index in [9.17, 15) is 14.9 Å². The number of hydrogen-bond acceptors (Lipinski definition) is 6. The predicted molar refractivity (Wildman–Crippen MR) is 85.8 cm³/mol. The molecule has 1 N–H and O–H groups in total. The largest absolute Gasteiger partial charge is 0.467 e. The van der Waals surface area contributed by atoms with E-state index in [0.717, 1.165) is 0 Å². The zero-order chi connectivity index (χ0) is 17.6. The molecule has 1 amide bonds.